The molecule has 1 aliphatic heterocycles. The Hall–Kier alpha value is -2.06. The second-order valence-electron chi connectivity index (χ2n) is 7.98. The lowest BCUT2D eigenvalue weighted by Crippen LogP contribution is -2.56. The lowest BCUT2D eigenvalue weighted by molar-refractivity contribution is -0.135. The van der Waals surface area contributed by atoms with Crippen LogP contribution in [-0.2, 0) is 16.0 Å². The van der Waals surface area contributed by atoms with Crippen molar-refractivity contribution >= 4 is 28.8 Å². The molecule has 0 bridgehead atoms. The van der Waals surface area contributed by atoms with Crippen LogP contribution < -0.4 is 5.32 Å². The van der Waals surface area contributed by atoms with Crippen molar-refractivity contribution in [3.05, 3.63) is 35.9 Å². The molecule has 1 atom stereocenters. The van der Waals surface area contributed by atoms with Gasteiger partial charge in [0.05, 0.1) is 0 Å². The zero-order valence-electron chi connectivity index (χ0n) is 19.0. The van der Waals surface area contributed by atoms with Gasteiger partial charge in [-0.2, -0.15) is 0 Å². The number of hydrogen-bond acceptors (Lipinski definition) is 5. The molecule has 1 fully saturated rings. The summed E-state index contributed by atoms with van der Waals surface area (Å²) in [6.45, 7) is 7.64. The van der Waals surface area contributed by atoms with E-state index in [9.17, 15) is 14.4 Å². The highest BCUT2D eigenvalue weighted by molar-refractivity contribution is 8.13. The third-order valence-corrected chi connectivity index (χ3v) is 6.25. The number of carbonyl (C=O) groups excluding carboxylic acids is 3. The predicted octanol–water partition coefficient (Wildman–Crippen LogP) is 2.46. The van der Waals surface area contributed by atoms with Crippen LogP contribution in [0.1, 0.15) is 32.3 Å². The Kier molecular flexibility index (Phi) is 10.9. The van der Waals surface area contributed by atoms with Crippen molar-refractivity contribution in [2.24, 2.45) is 0 Å². The van der Waals surface area contributed by atoms with Gasteiger partial charge in [0, 0.05) is 51.9 Å². The zero-order valence-corrected chi connectivity index (χ0v) is 19.8. The Morgan fingerprint density at radius 3 is 2.39 bits per heavy atom. The van der Waals surface area contributed by atoms with Crippen molar-refractivity contribution in [3.8, 4) is 0 Å². The molecule has 172 valence electrons. The SMILES string of the molecule is CCC[C@H](NC(=O)N(CCSC(C)=O)CCc1ccccc1)C(=O)N1CCN(C)CC1. The maximum absolute atomic E-state index is 13.1. The van der Waals surface area contributed by atoms with Crippen LogP contribution in [0.25, 0.3) is 0 Å². The zero-order chi connectivity index (χ0) is 22.6. The van der Waals surface area contributed by atoms with Crippen molar-refractivity contribution in [3.63, 3.8) is 0 Å². The Labute approximate surface area is 190 Å². The third-order valence-electron chi connectivity index (χ3n) is 5.46. The molecule has 2 rings (SSSR count). The molecule has 7 nitrogen and oxygen atoms in total. The fourth-order valence-electron chi connectivity index (χ4n) is 3.56. The molecular weight excluding hydrogens is 412 g/mol. The minimum Gasteiger partial charge on any atom is -0.338 e. The number of hydrogen-bond donors (Lipinski definition) is 1. The van der Waals surface area contributed by atoms with E-state index < -0.39 is 6.04 Å². The summed E-state index contributed by atoms with van der Waals surface area (Å²) in [7, 11) is 2.05. The summed E-state index contributed by atoms with van der Waals surface area (Å²) >= 11 is 1.22. The number of urea groups is 1. The molecule has 0 unspecified atom stereocenters. The first-order valence-corrected chi connectivity index (χ1v) is 12.1. The topological polar surface area (TPSA) is 73.0 Å². The molecule has 1 aromatic carbocycles. The fraction of sp³-hybridized carbons (Fsp3) is 0.609. The van der Waals surface area contributed by atoms with Crippen molar-refractivity contribution in [2.75, 3.05) is 52.1 Å². The van der Waals surface area contributed by atoms with Crippen molar-refractivity contribution in [1.29, 1.82) is 0 Å². The number of nitrogens with one attached hydrogen (secondary N) is 1. The van der Waals surface area contributed by atoms with Crippen LogP contribution in [-0.4, -0.2) is 89.9 Å². The molecule has 3 amide bonds. The Bertz CT molecular complexity index is 708. The summed E-state index contributed by atoms with van der Waals surface area (Å²) in [4.78, 5) is 43.3. The average Bonchev–Trinajstić information content (AvgIpc) is 2.76. The van der Waals surface area contributed by atoms with Gasteiger partial charge in [-0.05, 0) is 25.5 Å². The van der Waals surface area contributed by atoms with Crippen LogP contribution in [0.15, 0.2) is 30.3 Å². The number of likely N-dealkylation sites (N-methyl/N-ethyl adjacent to an activating group) is 1. The average molecular weight is 449 g/mol. The fourth-order valence-corrected chi connectivity index (χ4v) is 4.16. The van der Waals surface area contributed by atoms with Gasteiger partial charge in [-0.1, -0.05) is 55.4 Å². The number of amides is 3. The monoisotopic (exact) mass is 448 g/mol. The van der Waals surface area contributed by atoms with Crippen molar-refractivity contribution < 1.29 is 14.4 Å². The number of thioether (sulfide) groups is 1. The van der Waals surface area contributed by atoms with E-state index in [1.54, 1.807) is 4.90 Å². The molecule has 8 heteroatoms. The van der Waals surface area contributed by atoms with Gasteiger partial charge >= 0.3 is 6.03 Å². The first-order chi connectivity index (χ1) is 14.9. The highest BCUT2D eigenvalue weighted by Gasteiger charge is 2.28. The van der Waals surface area contributed by atoms with Gasteiger partial charge in [0.15, 0.2) is 5.12 Å². The smallest absolute Gasteiger partial charge is 0.318 e. The number of benzene rings is 1. The summed E-state index contributed by atoms with van der Waals surface area (Å²) in [5.41, 5.74) is 1.15. The Balaban J connectivity index is 2.00. The molecule has 1 heterocycles. The van der Waals surface area contributed by atoms with Gasteiger partial charge in [0.2, 0.25) is 5.91 Å². The van der Waals surface area contributed by atoms with Crippen LogP contribution >= 0.6 is 11.8 Å². The largest absolute Gasteiger partial charge is 0.338 e. The van der Waals surface area contributed by atoms with E-state index in [-0.39, 0.29) is 17.1 Å². The Morgan fingerprint density at radius 2 is 1.77 bits per heavy atom. The van der Waals surface area contributed by atoms with E-state index in [4.69, 9.17) is 0 Å². The van der Waals surface area contributed by atoms with Crippen LogP contribution in [0.2, 0.25) is 0 Å². The van der Waals surface area contributed by atoms with E-state index in [1.165, 1.54) is 18.7 Å². The van der Waals surface area contributed by atoms with Gasteiger partial charge in [0.25, 0.3) is 0 Å². The van der Waals surface area contributed by atoms with E-state index >= 15 is 0 Å². The molecule has 0 aliphatic carbocycles. The minimum atomic E-state index is -0.513. The number of nitrogens with zero attached hydrogens (tertiary/aromatic N) is 3. The second-order valence-corrected chi connectivity index (χ2v) is 9.25. The molecule has 1 aromatic rings. The van der Waals surface area contributed by atoms with E-state index in [0.717, 1.165) is 31.5 Å². The lowest BCUT2D eigenvalue weighted by Gasteiger charge is -2.35. The van der Waals surface area contributed by atoms with Gasteiger partial charge in [-0.15, -0.1) is 0 Å². The van der Waals surface area contributed by atoms with Gasteiger partial charge < -0.3 is 20.0 Å². The maximum atomic E-state index is 13.1. The molecule has 0 saturated carbocycles. The van der Waals surface area contributed by atoms with Crippen LogP contribution in [0.4, 0.5) is 4.79 Å². The molecule has 0 radical (unpaired) electrons. The van der Waals surface area contributed by atoms with Gasteiger partial charge in [-0.3, -0.25) is 9.59 Å². The highest BCUT2D eigenvalue weighted by atomic mass is 32.2. The van der Waals surface area contributed by atoms with Crippen LogP contribution in [0.3, 0.4) is 0 Å². The third kappa shape index (κ3) is 8.91. The standard InChI is InChI=1S/C23H36N4O3S/c1-4-8-21(22(29)26-15-13-25(3)14-16-26)24-23(30)27(17-18-31-19(2)28)12-11-20-9-6-5-7-10-20/h5-7,9-10,21H,4,8,11-18H2,1-3H3,(H,24,30)/t21-/m0/s1. The number of carbonyl (C=O) groups is 3. The van der Waals surface area contributed by atoms with Crippen molar-refractivity contribution in [1.82, 2.24) is 20.0 Å². The summed E-state index contributed by atoms with van der Waals surface area (Å²) in [5, 5.41) is 3.03. The quantitative estimate of drug-likeness (QED) is 0.595. The maximum Gasteiger partial charge on any atom is 0.318 e. The molecule has 1 saturated heterocycles. The number of rotatable bonds is 10. The molecule has 1 N–H and O–H groups in total. The normalized spacial score (nSPS) is 15.4. The van der Waals surface area contributed by atoms with E-state index in [2.05, 4.69) is 17.3 Å². The molecule has 0 spiro atoms. The molecular formula is C23H36N4O3S. The Morgan fingerprint density at radius 1 is 1.10 bits per heavy atom. The summed E-state index contributed by atoms with van der Waals surface area (Å²) in [6, 6.07) is 9.27. The van der Waals surface area contributed by atoms with Crippen LogP contribution in [0, 0.1) is 0 Å². The molecule has 0 aromatic heterocycles. The van der Waals surface area contributed by atoms with Crippen molar-refractivity contribution in [2.45, 2.75) is 39.2 Å². The molecule has 31 heavy (non-hydrogen) atoms. The summed E-state index contributed by atoms with van der Waals surface area (Å²) in [6.07, 6.45) is 2.16. The molecule has 1 aliphatic rings. The highest BCUT2D eigenvalue weighted by Crippen LogP contribution is 2.10. The van der Waals surface area contributed by atoms with E-state index in [1.807, 2.05) is 42.2 Å². The van der Waals surface area contributed by atoms with Crippen LogP contribution in [0.5, 0.6) is 0 Å². The first kappa shape index (κ1) is 25.2. The first-order valence-electron chi connectivity index (χ1n) is 11.1. The van der Waals surface area contributed by atoms with Gasteiger partial charge in [-0.25, -0.2) is 4.79 Å². The predicted molar refractivity (Wildman–Crippen MR) is 126 cm³/mol. The van der Waals surface area contributed by atoms with E-state index in [0.29, 0.717) is 38.4 Å². The van der Waals surface area contributed by atoms with Gasteiger partial charge in [0.1, 0.15) is 6.04 Å². The minimum absolute atomic E-state index is 0.00409. The summed E-state index contributed by atoms with van der Waals surface area (Å²) < 4.78 is 0. The summed E-state index contributed by atoms with van der Waals surface area (Å²) in [5.74, 6) is 0.548. The second kappa shape index (κ2) is 13.4. The number of piperazine rings is 1. The lowest BCUT2D eigenvalue weighted by atomic mass is 10.1.